The first-order valence-electron chi connectivity index (χ1n) is 6.13. The molecule has 1 fully saturated rings. The van der Waals surface area contributed by atoms with Gasteiger partial charge in [0.15, 0.2) is 0 Å². The first-order valence-corrected chi connectivity index (χ1v) is 6.95. The van der Waals surface area contributed by atoms with Crippen LogP contribution in [0.5, 0.6) is 0 Å². The fraction of sp³-hybridized carbons (Fsp3) is 0.615. The molecule has 4 heteroatoms. The summed E-state index contributed by atoms with van der Waals surface area (Å²) in [5.41, 5.74) is 1.21. The average molecular weight is 249 g/mol. The van der Waals surface area contributed by atoms with E-state index in [-0.39, 0.29) is 6.04 Å². The molecule has 0 bridgehead atoms. The first kappa shape index (κ1) is 12.6. The van der Waals surface area contributed by atoms with Gasteiger partial charge in [0.05, 0.1) is 6.07 Å². The maximum atomic E-state index is 9.45. The maximum Gasteiger partial charge on any atom is 0.124 e. The first-order chi connectivity index (χ1) is 8.22. The van der Waals surface area contributed by atoms with E-state index in [4.69, 9.17) is 0 Å². The number of hydrogen-bond donors (Lipinski definition) is 1. The van der Waals surface area contributed by atoms with E-state index in [0.29, 0.717) is 0 Å². The summed E-state index contributed by atoms with van der Waals surface area (Å²) in [6.45, 7) is 8.26. The summed E-state index contributed by atoms with van der Waals surface area (Å²) in [5.74, 6) is 0. The fourth-order valence-electron chi connectivity index (χ4n) is 2.39. The van der Waals surface area contributed by atoms with Crippen LogP contribution in [0.1, 0.15) is 27.8 Å². The molecule has 1 aliphatic heterocycles. The average Bonchev–Trinajstić information content (AvgIpc) is 2.55. The van der Waals surface area contributed by atoms with E-state index in [9.17, 15) is 5.26 Å². The van der Waals surface area contributed by atoms with Gasteiger partial charge in [0.1, 0.15) is 6.04 Å². The van der Waals surface area contributed by atoms with E-state index in [1.165, 1.54) is 15.3 Å². The lowest BCUT2D eigenvalue weighted by Crippen LogP contribution is -2.31. The Hall–Kier alpha value is -0.890. The highest BCUT2D eigenvalue weighted by atomic mass is 32.1. The minimum absolute atomic E-state index is 0.0696. The zero-order valence-corrected chi connectivity index (χ0v) is 11.3. The van der Waals surface area contributed by atoms with Gasteiger partial charge >= 0.3 is 0 Å². The molecule has 0 amide bonds. The molecule has 1 atom stereocenters. The molecule has 1 aromatic heterocycles. The molecule has 0 aliphatic carbocycles. The summed E-state index contributed by atoms with van der Waals surface area (Å²) >= 11 is 1.79. The van der Waals surface area contributed by atoms with Gasteiger partial charge in [-0.1, -0.05) is 0 Å². The van der Waals surface area contributed by atoms with Crippen molar-refractivity contribution in [3.63, 3.8) is 0 Å². The summed E-state index contributed by atoms with van der Waals surface area (Å²) in [4.78, 5) is 4.88. The van der Waals surface area contributed by atoms with Crippen LogP contribution in [0.3, 0.4) is 0 Å². The van der Waals surface area contributed by atoms with E-state index in [1.807, 2.05) is 0 Å². The van der Waals surface area contributed by atoms with Crippen LogP contribution in [0, 0.1) is 25.2 Å². The van der Waals surface area contributed by atoms with E-state index >= 15 is 0 Å². The topological polar surface area (TPSA) is 39.1 Å². The quantitative estimate of drug-likeness (QED) is 0.873. The Balaban J connectivity index is 2.20. The second-order valence-electron chi connectivity index (χ2n) is 4.54. The van der Waals surface area contributed by atoms with Gasteiger partial charge in [-0.05, 0) is 38.4 Å². The molecule has 1 unspecified atom stereocenters. The Morgan fingerprint density at radius 1 is 1.41 bits per heavy atom. The van der Waals surface area contributed by atoms with Crippen LogP contribution in [-0.4, -0.2) is 31.1 Å². The molecule has 1 saturated heterocycles. The molecule has 3 nitrogen and oxygen atoms in total. The third-order valence-electron chi connectivity index (χ3n) is 3.24. The van der Waals surface area contributed by atoms with Crippen molar-refractivity contribution in [2.45, 2.75) is 26.3 Å². The second kappa shape index (κ2) is 5.63. The number of thiophene rings is 1. The molecule has 2 heterocycles. The van der Waals surface area contributed by atoms with Crippen LogP contribution in [0.2, 0.25) is 0 Å². The van der Waals surface area contributed by atoms with Crippen LogP contribution in [-0.2, 0) is 0 Å². The van der Waals surface area contributed by atoms with Crippen LogP contribution in [0.4, 0.5) is 0 Å². The lowest BCUT2D eigenvalue weighted by atomic mass is 10.1. The third-order valence-corrected chi connectivity index (χ3v) is 4.22. The SMILES string of the molecule is Cc1cc(C(C#N)N2CCCNCC2)c(C)s1. The number of nitrogens with one attached hydrogen (secondary N) is 1. The summed E-state index contributed by atoms with van der Waals surface area (Å²) in [5, 5.41) is 12.8. The number of nitrogens with zero attached hydrogens (tertiary/aromatic N) is 2. The number of aryl methyl sites for hydroxylation is 2. The third kappa shape index (κ3) is 2.86. The van der Waals surface area contributed by atoms with Gasteiger partial charge in [-0.3, -0.25) is 4.90 Å². The van der Waals surface area contributed by atoms with Crippen molar-refractivity contribution >= 4 is 11.3 Å². The zero-order valence-electron chi connectivity index (χ0n) is 10.5. The van der Waals surface area contributed by atoms with Gasteiger partial charge in [0, 0.05) is 29.4 Å². The highest BCUT2D eigenvalue weighted by Crippen LogP contribution is 2.29. The lowest BCUT2D eigenvalue weighted by Gasteiger charge is -2.25. The minimum Gasteiger partial charge on any atom is -0.315 e. The van der Waals surface area contributed by atoms with Crippen molar-refractivity contribution in [3.05, 3.63) is 21.4 Å². The van der Waals surface area contributed by atoms with Gasteiger partial charge < -0.3 is 5.32 Å². The molecule has 2 rings (SSSR count). The van der Waals surface area contributed by atoms with Crippen LogP contribution in [0.15, 0.2) is 6.07 Å². The Kier molecular flexibility index (Phi) is 4.16. The highest BCUT2D eigenvalue weighted by molar-refractivity contribution is 7.12. The molecule has 1 aromatic rings. The van der Waals surface area contributed by atoms with Gasteiger partial charge in [0.25, 0.3) is 0 Å². The summed E-state index contributed by atoms with van der Waals surface area (Å²) < 4.78 is 0. The van der Waals surface area contributed by atoms with E-state index in [1.54, 1.807) is 11.3 Å². The molecule has 0 radical (unpaired) electrons. The Morgan fingerprint density at radius 3 is 2.88 bits per heavy atom. The molecule has 0 aromatic carbocycles. The predicted octanol–water partition coefficient (Wildman–Crippen LogP) is 2.22. The van der Waals surface area contributed by atoms with Gasteiger partial charge in [0.2, 0.25) is 0 Å². The van der Waals surface area contributed by atoms with Crippen molar-refractivity contribution in [2.75, 3.05) is 26.2 Å². The number of nitriles is 1. The van der Waals surface area contributed by atoms with Crippen molar-refractivity contribution in [2.24, 2.45) is 0 Å². The maximum absolute atomic E-state index is 9.45. The molecule has 0 spiro atoms. The molecular weight excluding hydrogens is 230 g/mol. The molecule has 0 saturated carbocycles. The summed E-state index contributed by atoms with van der Waals surface area (Å²) in [7, 11) is 0. The molecule has 1 aliphatic rings. The van der Waals surface area contributed by atoms with Crippen LogP contribution >= 0.6 is 11.3 Å². The van der Waals surface area contributed by atoms with Gasteiger partial charge in [-0.2, -0.15) is 5.26 Å². The largest absolute Gasteiger partial charge is 0.315 e. The standard InChI is InChI=1S/C13H19N3S/c1-10-8-12(11(2)17-10)13(9-14)16-6-3-4-15-5-7-16/h8,13,15H,3-7H2,1-2H3. The van der Waals surface area contributed by atoms with E-state index in [0.717, 1.165) is 32.6 Å². The minimum atomic E-state index is -0.0696. The fourth-order valence-corrected chi connectivity index (χ4v) is 3.35. The predicted molar refractivity (Wildman–Crippen MR) is 71.2 cm³/mol. The monoisotopic (exact) mass is 249 g/mol. The Bertz CT molecular complexity index is 411. The summed E-state index contributed by atoms with van der Waals surface area (Å²) in [6, 6.07) is 4.58. The zero-order chi connectivity index (χ0) is 12.3. The molecule has 92 valence electrons. The lowest BCUT2D eigenvalue weighted by molar-refractivity contribution is 0.252. The molecular formula is C13H19N3S. The van der Waals surface area contributed by atoms with Crippen molar-refractivity contribution in [1.82, 2.24) is 10.2 Å². The van der Waals surface area contributed by atoms with Crippen LogP contribution in [0.25, 0.3) is 0 Å². The van der Waals surface area contributed by atoms with E-state index < -0.39 is 0 Å². The second-order valence-corrected chi connectivity index (χ2v) is 6.00. The van der Waals surface area contributed by atoms with Crippen LogP contribution < -0.4 is 5.32 Å². The van der Waals surface area contributed by atoms with E-state index in [2.05, 4.69) is 36.2 Å². The van der Waals surface area contributed by atoms with Crippen molar-refractivity contribution in [1.29, 1.82) is 5.26 Å². The summed E-state index contributed by atoms with van der Waals surface area (Å²) in [6.07, 6.45) is 1.13. The van der Waals surface area contributed by atoms with Crippen molar-refractivity contribution in [3.8, 4) is 6.07 Å². The highest BCUT2D eigenvalue weighted by Gasteiger charge is 2.23. The Morgan fingerprint density at radius 2 is 2.24 bits per heavy atom. The van der Waals surface area contributed by atoms with Gasteiger partial charge in [-0.15, -0.1) is 11.3 Å². The normalized spacial score (nSPS) is 19.6. The van der Waals surface area contributed by atoms with Crippen molar-refractivity contribution < 1.29 is 0 Å². The molecule has 1 N–H and O–H groups in total. The van der Waals surface area contributed by atoms with Gasteiger partial charge in [-0.25, -0.2) is 0 Å². The Labute approximate surface area is 107 Å². The number of rotatable bonds is 2. The number of hydrogen-bond acceptors (Lipinski definition) is 4. The smallest absolute Gasteiger partial charge is 0.124 e. The molecule has 17 heavy (non-hydrogen) atoms.